The molecule has 0 spiro atoms. The summed E-state index contributed by atoms with van der Waals surface area (Å²) in [4.78, 5) is 25.8. The van der Waals surface area contributed by atoms with Crippen molar-refractivity contribution in [2.45, 2.75) is 6.42 Å². The minimum atomic E-state index is -0.504. The van der Waals surface area contributed by atoms with Crippen molar-refractivity contribution < 1.29 is 9.59 Å². The number of ketones is 1. The molecule has 0 aromatic heterocycles. The van der Waals surface area contributed by atoms with E-state index in [-0.39, 0.29) is 0 Å². The highest BCUT2D eigenvalue weighted by atomic mass is 16.2. The molecule has 4 heteroatoms. The maximum absolute atomic E-state index is 12.2. The van der Waals surface area contributed by atoms with E-state index in [4.69, 9.17) is 5.73 Å². The maximum Gasteiger partial charge on any atom is 0.304 e. The molecule has 1 heterocycles. The number of anilines is 2. The van der Waals surface area contributed by atoms with Gasteiger partial charge in [0, 0.05) is 5.69 Å². The fourth-order valence-corrected chi connectivity index (χ4v) is 2.44. The molecule has 20 heavy (non-hydrogen) atoms. The molecule has 2 aromatic carbocycles. The first kappa shape index (κ1) is 12.6. The number of nitrogens with two attached hydrogens (primary N) is 1. The van der Waals surface area contributed by atoms with E-state index in [2.05, 4.69) is 0 Å². The number of carbonyl (C=O) groups is 2. The fourth-order valence-electron chi connectivity index (χ4n) is 2.44. The normalized spacial score (nSPS) is 13.8. The zero-order chi connectivity index (χ0) is 14.1. The summed E-state index contributed by atoms with van der Waals surface area (Å²) in [6, 6.07) is 14.7. The SMILES string of the molecule is NCCc1ccc2c(c1)C(=O)C(=O)N2c1ccccc1. The van der Waals surface area contributed by atoms with Crippen molar-refractivity contribution in [2.75, 3.05) is 11.4 Å². The number of Topliss-reactive ketones (excluding diaryl/α,β-unsaturated/α-hetero) is 1. The number of nitrogens with zero attached hydrogens (tertiary/aromatic N) is 1. The largest absolute Gasteiger partial charge is 0.330 e. The minimum Gasteiger partial charge on any atom is -0.330 e. The molecule has 4 nitrogen and oxygen atoms in total. The number of para-hydroxylation sites is 1. The molecule has 0 bridgehead atoms. The van der Waals surface area contributed by atoms with Gasteiger partial charge in [-0.3, -0.25) is 14.5 Å². The molecule has 2 aromatic rings. The van der Waals surface area contributed by atoms with E-state index in [1.165, 1.54) is 4.90 Å². The third-order valence-corrected chi connectivity index (χ3v) is 3.39. The van der Waals surface area contributed by atoms with Gasteiger partial charge in [-0.15, -0.1) is 0 Å². The molecule has 1 amide bonds. The Morgan fingerprint density at radius 2 is 1.75 bits per heavy atom. The lowest BCUT2D eigenvalue weighted by Crippen LogP contribution is -2.24. The van der Waals surface area contributed by atoms with Crippen LogP contribution in [0.3, 0.4) is 0 Å². The van der Waals surface area contributed by atoms with E-state index in [1.807, 2.05) is 42.5 Å². The second kappa shape index (κ2) is 4.90. The van der Waals surface area contributed by atoms with Crippen molar-refractivity contribution in [3.05, 3.63) is 59.7 Å². The smallest absolute Gasteiger partial charge is 0.304 e. The predicted octanol–water partition coefficient (Wildman–Crippen LogP) is 2.05. The van der Waals surface area contributed by atoms with E-state index in [0.717, 1.165) is 5.56 Å². The Morgan fingerprint density at radius 1 is 1.00 bits per heavy atom. The van der Waals surface area contributed by atoms with E-state index in [1.54, 1.807) is 6.07 Å². The Labute approximate surface area is 116 Å². The van der Waals surface area contributed by atoms with Gasteiger partial charge in [0.05, 0.1) is 11.3 Å². The van der Waals surface area contributed by atoms with Crippen LogP contribution < -0.4 is 10.6 Å². The van der Waals surface area contributed by atoms with Crippen LogP contribution in [-0.2, 0) is 11.2 Å². The first-order chi connectivity index (χ1) is 9.72. The molecule has 0 aliphatic carbocycles. The topological polar surface area (TPSA) is 63.4 Å². The number of hydrogen-bond acceptors (Lipinski definition) is 3. The highest BCUT2D eigenvalue weighted by Crippen LogP contribution is 2.35. The van der Waals surface area contributed by atoms with Crippen molar-refractivity contribution in [2.24, 2.45) is 5.73 Å². The Bertz CT molecular complexity index is 680. The van der Waals surface area contributed by atoms with E-state index in [0.29, 0.717) is 29.9 Å². The zero-order valence-corrected chi connectivity index (χ0v) is 10.9. The van der Waals surface area contributed by atoms with Crippen molar-refractivity contribution in [3.8, 4) is 0 Å². The van der Waals surface area contributed by atoms with Crippen LogP contribution in [0.25, 0.3) is 0 Å². The lowest BCUT2D eigenvalue weighted by atomic mass is 10.1. The van der Waals surface area contributed by atoms with Crippen molar-refractivity contribution in [1.82, 2.24) is 0 Å². The summed E-state index contributed by atoms with van der Waals surface area (Å²) in [5.74, 6) is -0.959. The Morgan fingerprint density at radius 3 is 2.45 bits per heavy atom. The quantitative estimate of drug-likeness (QED) is 0.865. The van der Waals surface area contributed by atoms with Crippen LogP contribution in [0.1, 0.15) is 15.9 Å². The van der Waals surface area contributed by atoms with Crippen LogP contribution in [0, 0.1) is 0 Å². The third-order valence-electron chi connectivity index (χ3n) is 3.39. The first-order valence-corrected chi connectivity index (χ1v) is 6.49. The summed E-state index contributed by atoms with van der Waals surface area (Å²) in [5.41, 5.74) is 8.31. The first-order valence-electron chi connectivity index (χ1n) is 6.49. The standard InChI is InChI=1S/C16H14N2O2/c17-9-8-11-6-7-14-13(10-11)15(19)16(20)18(14)12-4-2-1-3-5-12/h1-7,10H,8-9,17H2. The number of fused-ring (bicyclic) bond motifs is 1. The molecule has 1 aliphatic heterocycles. The Kier molecular flexibility index (Phi) is 3.08. The van der Waals surface area contributed by atoms with Crippen LogP contribution >= 0.6 is 0 Å². The molecule has 0 fully saturated rings. The average molecular weight is 266 g/mol. The van der Waals surface area contributed by atoms with Gasteiger partial charge in [-0.2, -0.15) is 0 Å². The summed E-state index contributed by atoms with van der Waals surface area (Å²) >= 11 is 0. The number of carbonyl (C=O) groups excluding carboxylic acids is 2. The predicted molar refractivity (Wildman–Crippen MR) is 77.1 cm³/mol. The molecular weight excluding hydrogens is 252 g/mol. The molecule has 0 saturated carbocycles. The van der Waals surface area contributed by atoms with Gasteiger partial charge in [-0.05, 0) is 42.8 Å². The molecule has 0 atom stereocenters. The van der Waals surface area contributed by atoms with Gasteiger partial charge in [0.25, 0.3) is 5.78 Å². The van der Waals surface area contributed by atoms with E-state index < -0.39 is 11.7 Å². The van der Waals surface area contributed by atoms with Gasteiger partial charge in [0.15, 0.2) is 0 Å². The van der Waals surface area contributed by atoms with Gasteiger partial charge in [-0.1, -0.05) is 24.3 Å². The molecule has 3 rings (SSSR count). The number of hydrogen-bond donors (Lipinski definition) is 1. The second-order valence-corrected chi connectivity index (χ2v) is 4.70. The summed E-state index contributed by atoms with van der Waals surface area (Å²) < 4.78 is 0. The van der Waals surface area contributed by atoms with Crippen LogP contribution in [0.5, 0.6) is 0 Å². The van der Waals surface area contributed by atoms with Gasteiger partial charge in [-0.25, -0.2) is 0 Å². The highest BCUT2D eigenvalue weighted by Gasteiger charge is 2.36. The molecule has 100 valence electrons. The monoisotopic (exact) mass is 266 g/mol. The molecular formula is C16H14N2O2. The lowest BCUT2D eigenvalue weighted by molar-refractivity contribution is -0.113. The van der Waals surface area contributed by atoms with Crippen LogP contribution in [0.4, 0.5) is 11.4 Å². The fraction of sp³-hybridized carbons (Fsp3) is 0.125. The van der Waals surface area contributed by atoms with Crippen molar-refractivity contribution in [1.29, 1.82) is 0 Å². The van der Waals surface area contributed by atoms with Gasteiger partial charge >= 0.3 is 5.91 Å². The van der Waals surface area contributed by atoms with E-state index >= 15 is 0 Å². The van der Waals surface area contributed by atoms with Gasteiger partial charge in [0.1, 0.15) is 0 Å². The van der Waals surface area contributed by atoms with Crippen molar-refractivity contribution in [3.63, 3.8) is 0 Å². The van der Waals surface area contributed by atoms with Crippen LogP contribution in [0.15, 0.2) is 48.5 Å². The average Bonchev–Trinajstić information content (AvgIpc) is 2.73. The summed E-state index contributed by atoms with van der Waals surface area (Å²) in [6.45, 7) is 0.517. The van der Waals surface area contributed by atoms with Crippen molar-refractivity contribution >= 4 is 23.1 Å². The summed E-state index contributed by atoms with van der Waals surface area (Å²) in [5, 5.41) is 0. The van der Waals surface area contributed by atoms with Gasteiger partial charge in [0.2, 0.25) is 0 Å². The lowest BCUT2D eigenvalue weighted by Gasteiger charge is -2.16. The maximum atomic E-state index is 12.2. The summed E-state index contributed by atoms with van der Waals surface area (Å²) in [7, 11) is 0. The van der Waals surface area contributed by atoms with Crippen LogP contribution in [0.2, 0.25) is 0 Å². The number of amides is 1. The Balaban J connectivity index is 2.09. The Hall–Kier alpha value is -2.46. The molecule has 1 aliphatic rings. The molecule has 2 N–H and O–H groups in total. The number of rotatable bonds is 3. The molecule has 0 saturated heterocycles. The molecule has 0 unspecified atom stereocenters. The third kappa shape index (κ3) is 1.90. The molecule has 0 radical (unpaired) electrons. The zero-order valence-electron chi connectivity index (χ0n) is 10.9. The summed E-state index contributed by atoms with van der Waals surface area (Å²) in [6.07, 6.45) is 0.695. The van der Waals surface area contributed by atoms with E-state index in [9.17, 15) is 9.59 Å². The second-order valence-electron chi connectivity index (χ2n) is 4.70. The number of benzene rings is 2. The van der Waals surface area contributed by atoms with Gasteiger partial charge < -0.3 is 5.73 Å². The minimum absolute atomic E-state index is 0.456. The van der Waals surface area contributed by atoms with Crippen LogP contribution in [-0.4, -0.2) is 18.2 Å². The highest BCUT2D eigenvalue weighted by molar-refractivity contribution is 6.53.